The number of benzene rings is 8. The lowest BCUT2D eigenvalue weighted by atomic mass is 9.98. The first kappa shape index (κ1) is 30.0. The fourth-order valence-corrected chi connectivity index (χ4v) is 8.62. The minimum atomic E-state index is 0.821. The van der Waals surface area contributed by atoms with Crippen molar-refractivity contribution >= 4 is 93.9 Å². The van der Waals surface area contributed by atoms with Crippen molar-refractivity contribution < 1.29 is 13.3 Å². The topological polar surface area (TPSA) is 47.6 Å². The second-order valence-corrected chi connectivity index (χ2v) is 14.0. The molecule has 0 aliphatic carbocycles. The fraction of sp³-hybridized carbons (Fsp3) is 0. The molecule has 0 bridgehead atoms. The molecule has 0 aliphatic rings. The van der Waals surface area contributed by atoms with Gasteiger partial charge < -0.3 is 18.2 Å². The van der Waals surface area contributed by atoms with Gasteiger partial charge >= 0.3 is 0 Å². The van der Waals surface area contributed by atoms with E-state index in [9.17, 15) is 0 Å². The van der Waals surface area contributed by atoms with Gasteiger partial charge in [0.25, 0.3) is 0 Å². The molecule has 0 unspecified atom stereocenters. The number of hydrogen-bond donors (Lipinski definition) is 0. The number of anilines is 3. The summed E-state index contributed by atoms with van der Waals surface area (Å²) in [5.74, 6) is 0. The van der Waals surface area contributed by atoms with E-state index in [2.05, 4.69) is 161 Å². The maximum atomic E-state index is 6.73. The number of fused-ring (bicyclic) bond motifs is 11. The van der Waals surface area contributed by atoms with Gasteiger partial charge in [0.15, 0.2) is 11.2 Å². The van der Waals surface area contributed by atoms with Crippen LogP contribution >= 0.6 is 0 Å². The molecule has 258 valence electrons. The van der Waals surface area contributed by atoms with Gasteiger partial charge in [-0.05, 0) is 71.8 Å². The summed E-state index contributed by atoms with van der Waals surface area (Å²) >= 11 is 0. The van der Waals surface area contributed by atoms with Crippen molar-refractivity contribution in [1.29, 1.82) is 0 Å². The van der Waals surface area contributed by atoms with Crippen LogP contribution in [0.5, 0.6) is 0 Å². The number of aromatic nitrogens is 1. The third kappa shape index (κ3) is 4.35. The maximum Gasteiger partial charge on any atom is 0.213 e. The van der Waals surface area contributed by atoms with Crippen LogP contribution in [-0.4, -0.2) is 4.57 Å². The molecule has 0 spiro atoms. The first-order valence-electron chi connectivity index (χ1n) is 18.5. The fourth-order valence-electron chi connectivity index (χ4n) is 8.62. The number of hydrogen-bond acceptors (Lipinski definition) is 4. The number of nitrogens with zero attached hydrogens (tertiary/aromatic N) is 2. The molecular formula is C50H30N2O3. The van der Waals surface area contributed by atoms with Crippen molar-refractivity contribution in [3.05, 3.63) is 182 Å². The van der Waals surface area contributed by atoms with Crippen molar-refractivity contribution in [3.63, 3.8) is 0 Å². The summed E-state index contributed by atoms with van der Waals surface area (Å²) in [6.07, 6.45) is 0. The second kappa shape index (κ2) is 11.5. The Labute approximate surface area is 314 Å². The average Bonchev–Trinajstić information content (AvgIpc) is 4.00. The largest absolute Gasteiger partial charge is 0.454 e. The number of para-hydroxylation sites is 6. The highest BCUT2D eigenvalue weighted by Gasteiger charge is 2.25. The van der Waals surface area contributed by atoms with Crippen molar-refractivity contribution in [2.45, 2.75) is 0 Å². The van der Waals surface area contributed by atoms with Crippen molar-refractivity contribution in [1.82, 2.24) is 4.57 Å². The Morgan fingerprint density at radius 3 is 1.60 bits per heavy atom. The predicted octanol–water partition coefficient (Wildman–Crippen LogP) is 14.5. The van der Waals surface area contributed by atoms with E-state index in [1.807, 2.05) is 30.3 Å². The second-order valence-electron chi connectivity index (χ2n) is 14.0. The molecular weight excluding hydrogens is 677 g/mol. The van der Waals surface area contributed by atoms with Crippen molar-refractivity contribution in [2.24, 2.45) is 0 Å². The molecule has 0 fully saturated rings. The van der Waals surface area contributed by atoms with E-state index in [-0.39, 0.29) is 0 Å². The Morgan fingerprint density at radius 1 is 0.382 bits per heavy atom. The van der Waals surface area contributed by atoms with Crippen LogP contribution in [-0.2, 0) is 0 Å². The van der Waals surface area contributed by atoms with E-state index in [4.69, 9.17) is 13.3 Å². The van der Waals surface area contributed by atoms with E-state index >= 15 is 0 Å². The van der Waals surface area contributed by atoms with Gasteiger partial charge in [0, 0.05) is 43.7 Å². The summed E-state index contributed by atoms with van der Waals surface area (Å²) in [4.78, 5) is 2.27. The zero-order chi connectivity index (χ0) is 36.0. The molecule has 12 aromatic rings. The Morgan fingerprint density at radius 2 is 0.927 bits per heavy atom. The molecule has 5 nitrogen and oxygen atoms in total. The van der Waals surface area contributed by atoms with Gasteiger partial charge in [-0.3, -0.25) is 4.57 Å². The molecule has 4 heterocycles. The van der Waals surface area contributed by atoms with Gasteiger partial charge in [-0.2, -0.15) is 0 Å². The minimum Gasteiger partial charge on any atom is -0.454 e. The van der Waals surface area contributed by atoms with E-state index in [0.29, 0.717) is 0 Å². The Bertz CT molecular complexity index is 3320. The maximum absolute atomic E-state index is 6.73. The monoisotopic (exact) mass is 706 g/mol. The van der Waals surface area contributed by atoms with Gasteiger partial charge in [0.1, 0.15) is 16.7 Å². The zero-order valence-electron chi connectivity index (χ0n) is 29.4. The highest BCUT2D eigenvalue weighted by molar-refractivity contribution is 6.23. The smallest absolute Gasteiger partial charge is 0.213 e. The van der Waals surface area contributed by atoms with Crippen LogP contribution in [0, 0.1) is 0 Å². The summed E-state index contributed by atoms with van der Waals surface area (Å²) in [7, 11) is 0. The molecule has 5 heteroatoms. The SMILES string of the molecule is c1ccc(-n2c3ccccc3c3c4c(-c5ccc(N(c6cccc7c6oc6ccccc67)c6cccc7c6oc6ccccc67)cc5)cccc4oc32)cc1. The van der Waals surface area contributed by atoms with Crippen molar-refractivity contribution in [3.8, 4) is 16.8 Å². The summed E-state index contributed by atoms with van der Waals surface area (Å²) < 4.78 is 22.2. The first-order valence-corrected chi connectivity index (χ1v) is 18.5. The van der Waals surface area contributed by atoms with Crippen molar-refractivity contribution in [2.75, 3.05) is 4.90 Å². The quantitative estimate of drug-likeness (QED) is 0.179. The summed E-state index contributed by atoms with van der Waals surface area (Å²) in [5, 5.41) is 7.69. The molecule has 0 saturated carbocycles. The third-order valence-corrected chi connectivity index (χ3v) is 11.0. The molecule has 0 amide bonds. The van der Waals surface area contributed by atoms with E-state index in [1.54, 1.807) is 0 Å². The highest BCUT2D eigenvalue weighted by atomic mass is 16.3. The van der Waals surface area contributed by atoms with Crippen LogP contribution < -0.4 is 4.90 Å². The summed E-state index contributed by atoms with van der Waals surface area (Å²) in [6.45, 7) is 0. The lowest BCUT2D eigenvalue weighted by Crippen LogP contribution is -2.10. The number of furan rings is 3. The summed E-state index contributed by atoms with van der Waals surface area (Å²) in [5.41, 5.74) is 12.3. The molecule has 55 heavy (non-hydrogen) atoms. The zero-order valence-corrected chi connectivity index (χ0v) is 29.4. The van der Waals surface area contributed by atoms with Gasteiger partial charge in [0.2, 0.25) is 5.71 Å². The van der Waals surface area contributed by atoms with Gasteiger partial charge in [-0.1, -0.05) is 121 Å². The van der Waals surface area contributed by atoms with Crippen LogP contribution in [0.25, 0.3) is 93.7 Å². The molecule has 0 N–H and O–H groups in total. The molecule has 0 saturated heterocycles. The van der Waals surface area contributed by atoms with Crippen LogP contribution in [0.3, 0.4) is 0 Å². The first-order chi connectivity index (χ1) is 27.3. The minimum absolute atomic E-state index is 0.821. The lowest BCUT2D eigenvalue weighted by molar-refractivity contribution is 0.645. The Kier molecular flexibility index (Phi) is 6.27. The van der Waals surface area contributed by atoms with Crippen LogP contribution in [0.4, 0.5) is 17.1 Å². The predicted molar refractivity (Wildman–Crippen MR) is 225 cm³/mol. The molecule has 4 aromatic heterocycles. The third-order valence-electron chi connectivity index (χ3n) is 11.0. The van der Waals surface area contributed by atoms with E-state index in [0.717, 1.165) is 111 Å². The Balaban J connectivity index is 1.08. The average molecular weight is 707 g/mol. The lowest BCUT2D eigenvalue weighted by Gasteiger charge is -2.25. The van der Waals surface area contributed by atoms with E-state index in [1.165, 1.54) is 0 Å². The van der Waals surface area contributed by atoms with Gasteiger partial charge in [-0.25, -0.2) is 0 Å². The summed E-state index contributed by atoms with van der Waals surface area (Å²) in [6, 6.07) is 63.4. The normalized spacial score (nSPS) is 12.0. The molecule has 0 aliphatic heterocycles. The van der Waals surface area contributed by atoms with Crippen LogP contribution in [0.2, 0.25) is 0 Å². The standard InChI is InChI=1S/C50H30N2O3/c1-2-13-32(14-3-1)52-40-21-7-4-17-39(40)47-46-34(18-12-26-45(46)55-50(47)52)31-27-29-33(30-28-31)51(41-22-10-19-37-35-15-5-8-24-43(35)53-48(37)41)42-23-11-20-38-36-16-6-9-25-44(36)54-49(38)42/h1-30H. The number of rotatable bonds is 5. The van der Waals surface area contributed by atoms with Crippen LogP contribution in [0.1, 0.15) is 0 Å². The van der Waals surface area contributed by atoms with Gasteiger partial charge in [0.05, 0.1) is 22.3 Å². The Hall–Kier alpha value is -7.50. The van der Waals surface area contributed by atoms with Gasteiger partial charge in [-0.15, -0.1) is 0 Å². The highest BCUT2D eigenvalue weighted by Crippen LogP contribution is 2.47. The van der Waals surface area contributed by atoms with E-state index < -0.39 is 0 Å². The molecule has 8 aromatic carbocycles. The molecule has 0 atom stereocenters. The van der Waals surface area contributed by atoms with Crippen LogP contribution in [0.15, 0.2) is 195 Å². The molecule has 12 rings (SSSR count). The molecule has 0 radical (unpaired) electrons.